The summed E-state index contributed by atoms with van der Waals surface area (Å²) in [4.78, 5) is 2.57. The van der Waals surface area contributed by atoms with E-state index in [1.807, 2.05) is 11.8 Å². The molecule has 1 nitrogen and oxygen atoms in total. The van der Waals surface area contributed by atoms with E-state index in [9.17, 15) is 0 Å². The largest absolute Gasteiger partial charge is 0.310 e. The minimum atomic E-state index is 0.738. The molecule has 4 heteroatoms. The summed E-state index contributed by atoms with van der Waals surface area (Å²) in [6.07, 6.45) is 2.65. The van der Waals surface area contributed by atoms with E-state index in [4.69, 9.17) is 0 Å². The predicted molar refractivity (Wildman–Crippen MR) is 92.3 cm³/mol. The van der Waals surface area contributed by atoms with Gasteiger partial charge in [-0.25, -0.2) is 0 Å². The van der Waals surface area contributed by atoms with Crippen molar-refractivity contribution in [1.29, 1.82) is 0 Å². The minimum Gasteiger partial charge on any atom is -0.310 e. The van der Waals surface area contributed by atoms with Gasteiger partial charge < -0.3 is 5.32 Å². The molecule has 0 spiro atoms. The Morgan fingerprint density at radius 3 is 2.60 bits per heavy atom. The lowest BCUT2D eigenvalue weighted by atomic mass is 10.2. The molecule has 2 aromatic carbocycles. The van der Waals surface area contributed by atoms with Crippen LogP contribution < -0.4 is 5.32 Å². The molecule has 104 valence electrons. The Labute approximate surface area is 140 Å². The van der Waals surface area contributed by atoms with Gasteiger partial charge in [0.2, 0.25) is 0 Å². The summed E-state index contributed by atoms with van der Waals surface area (Å²) in [6.45, 7) is 0.953. The second-order valence-electron chi connectivity index (χ2n) is 4.97. The minimum absolute atomic E-state index is 0.738. The van der Waals surface area contributed by atoms with Crippen molar-refractivity contribution >= 4 is 43.6 Å². The van der Waals surface area contributed by atoms with Gasteiger partial charge in [-0.05, 0) is 48.7 Å². The number of hydrogen-bond donors (Lipinski definition) is 1. The van der Waals surface area contributed by atoms with Crippen LogP contribution in [0.15, 0.2) is 61.2 Å². The van der Waals surface area contributed by atoms with Crippen LogP contribution in [0, 0.1) is 0 Å². The van der Waals surface area contributed by atoms with Gasteiger partial charge in [-0.3, -0.25) is 0 Å². The van der Waals surface area contributed by atoms with E-state index < -0.39 is 0 Å². The first-order valence-electron chi connectivity index (χ1n) is 6.66. The second kappa shape index (κ2) is 6.65. The van der Waals surface area contributed by atoms with Crippen LogP contribution in [0.4, 0.5) is 0 Å². The lowest BCUT2D eigenvalue weighted by Crippen LogP contribution is -2.15. The molecule has 0 aliphatic heterocycles. The molecule has 1 fully saturated rings. The molecular formula is C16H15Br2NS. The van der Waals surface area contributed by atoms with Crippen molar-refractivity contribution in [3.05, 3.63) is 57.0 Å². The second-order valence-corrected chi connectivity index (χ2v) is 7.91. The van der Waals surface area contributed by atoms with Crippen molar-refractivity contribution in [3.63, 3.8) is 0 Å². The van der Waals surface area contributed by atoms with Crippen molar-refractivity contribution in [1.82, 2.24) is 5.32 Å². The van der Waals surface area contributed by atoms with E-state index in [0.29, 0.717) is 0 Å². The average Bonchev–Trinajstić information content (AvgIpc) is 3.22. The van der Waals surface area contributed by atoms with Crippen molar-refractivity contribution in [2.24, 2.45) is 0 Å². The highest BCUT2D eigenvalue weighted by atomic mass is 79.9. The Morgan fingerprint density at radius 1 is 1.05 bits per heavy atom. The van der Waals surface area contributed by atoms with E-state index in [1.54, 1.807) is 0 Å². The van der Waals surface area contributed by atoms with Crippen LogP contribution >= 0.6 is 43.6 Å². The van der Waals surface area contributed by atoms with Gasteiger partial charge in [-0.15, -0.1) is 0 Å². The molecule has 0 unspecified atom stereocenters. The fraction of sp³-hybridized carbons (Fsp3) is 0.250. The van der Waals surface area contributed by atoms with Crippen molar-refractivity contribution in [2.45, 2.75) is 35.2 Å². The van der Waals surface area contributed by atoms with Gasteiger partial charge in [0.15, 0.2) is 0 Å². The number of benzene rings is 2. The van der Waals surface area contributed by atoms with Crippen LogP contribution in [-0.4, -0.2) is 6.04 Å². The average molecular weight is 413 g/mol. The van der Waals surface area contributed by atoms with Crippen LogP contribution in [0.5, 0.6) is 0 Å². The first-order valence-corrected chi connectivity index (χ1v) is 9.06. The number of nitrogens with one attached hydrogen (secondary N) is 1. The lowest BCUT2D eigenvalue weighted by Gasteiger charge is -2.11. The summed E-state index contributed by atoms with van der Waals surface area (Å²) in [5.74, 6) is 0. The zero-order chi connectivity index (χ0) is 13.9. The van der Waals surface area contributed by atoms with E-state index in [0.717, 1.165) is 21.5 Å². The summed E-state index contributed by atoms with van der Waals surface area (Å²) >= 11 is 8.92. The predicted octanol–water partition coefficient (Wildman–Crippen LogP) is 5.61. The van der Waals surface area contributed by atoms with E-state index in [1.165, 1.54) is 28.2 Å². The highest BCUT2D eigenvalue weighted by Gasteiger charge is 2.20. The molecule has 1 N–H and O–H groups in total. The number of rotatable bonds is 5. The third kappa shape index (κ3) is 4.10. The van der Waals surface area contributed by atoms with Gasteiger partial charge in [0.25, 0.3) is 0 Å². The molecular weight excluding hydrogens is 398 g/mol. The van der Waals surface area contributed by atoms with Crippen LogP contribution in [0.25, 0.3) is 0 Å². The highest BCUT2D eigenvalue weighted by molar-refractivity contribution is 9.10. The molecule has 1 aliphatic carbocycles. The maximum atomic E-state index is 3.59. The zero-order valence-corrected chi connectivity index (χ0v) is 14.9. The summed E-state index contributed by atoms with van der Waals surface area (Å²) in [6, 6.07) is 15.7. The molecule has 1 aliphatic rings. The smallest absolute Gasteiger partial charge is 0.0219 e. The van der Waals surface area contributed by atoms with Crippen LogP contribution in [-0.2, 0) is 6.54 Å². The van der Waals surface area contributed by atoms with Crippen molar-refractivity contribution in [2.75, 3.05) is 0 Å². The van der Waals surface area contributed by atoms with Gasteiger partial charge in [0.1, 0.15) is 0 Å². The van der Waals surface area contributed by atoms with Gasteiger partial charge in [0, 0.05) is 31.3 Å². The Bertz CT molecular complexity index is 611. The third-order valence-corrected chi connectivity index (χ3v) is 5.29. The molecule has 20 heavy (non-hydrogen) atoms. The van der Waals surface area contributed by atoms with Crippen LogP contribution in [0.3, 0.4) is 0 Å². The molecule has 0 atom stereocenters. The Morgan fingerprint density at radius 2 is 1.85 bits per heavy atom. The van der Waals surface area contributed by atoms with Crippen molar-refractivity contribution in [3.8, 4) is 0 Å². The van der Waals surface area contributed by atoms with Gasteiger partial charge in [-0.1, -0.05) is 55.8 Å². The third-order valence-electron chi connectivity index (χ3n) is 3.21. The molecule has 0 saturated heterocycles. The topological polar surface area (TPSA) is 12.0 Å². The van der Waals surface area contributed by atoms with Crippen LogP contribution in [0.2, 0.25) is 0 Å². The van der Waals surface area contributed by atoms with E-state index >= 15 is 0 Å². The SMILES string of the molecule is Brc1cccc(Sc2cc(Br)ccc2CNC2CC2)c1. The Kier molecular flexibility index (Phi) is 4.87. The molecule has 3 rings (SSSR count). The quantitative estimate of drug-likeness (QED) is 0.684. The van der Waals surface area contributed by atoms with E-state index in [-0.39, 0.29) is 0 Å². The van der Waals surface area contributed by atoms with Gasteiger partial charge in [0.05, 0.1) is 0 Å². The lowest BCUT2D eigenvalue weighted by molar-refractivity contribution is 0.680. The highest BCUT2D eigenvalue weighted by Crippen LogP contribution is 2.34. The van der Waals surface area contributed by atoms with Gasteiger partial charge >= 0.3 is 0 Å². The summed E-state index contributed by atoms with van der Waals surface area (Å²) < 4.78 is 2.25. The molecule has 0 amide bonds. The first-order chi connectivity index (χ1) is 9.70. The standard InChI is InChI=1S/C16H15Br2NS/c17-12-2-1-3-15(8-12)20-16-9-13(18)5-4-11(16)10-19-14-6-7-14/h1-5,8-9,14,19H,6-7,10H2. The van der Waals surface area contributed by atoms with Gasteiger partial charge in [-0.2, -0.15) is 0 Å². The van der Waals surface area contributed by atoms with Crippen molar-refractivity contribution < 1.29 is 0 Å². The molecule has 0 radical (unpaired) electrons. The zero-order valence-electron chi connectivity index (χ0n) is 10.9. The maximum absolute atomic E-state index is 3.59. The normalized spacial score (nSPS) is 14.5. The molecule has 2 aromatic rings. The first kappa shape index (κ1) is 14.6. The Balaban J connectivity index is 1.80. The van der Waals surface area contributed by atoms with E-state index in [2.05, 4.69) is 79.6 Å². The maximum Gasteiger partial charge on any atom is 0.0219 e. The molecule has 1 saturated carbocycles. The number of halogens is 2. The monoisotopic (exact) mass is 411 g/mol. The molecule has 0 aromatic heterocycles. The Hall–Kier alpha value is -0.290. The van der Waals surface area contributed by atoms with Crippen LogP contribution in [0.1, 0.15) is 18.4 Å². The number of hydrogen-bond acceptors (Lipinski definition) is 2. The summed E-state index contributed by atoms with van der Waals surface area (Å²) in [5.41, 5.74) is 1.37. The molecule has 0 heterocycles. The fourth-order valence-electron chi connectivity index (χ4n) is 1.97. The summed E-state index contributed by atoms with van der Waals surface area (Å²) in [5, 5.41) is 3.59. The fourth-order valence-corrected chi connectivity index (χ4v) is 4.08. The molecule has 0 bridgehead atoms. The summed E-state index contributed by atoms with van der Waals surface area (Å²) in [7, 11) is 0.